The molecule has 0 saturated heterocycles. The van der Waals surface area contributed by atoms with Gasteiger partial charge in [0, 0.05) is 17.4 Å². The second-order valence-electron chi connectivity index (χ2n) is 6.50. The van der Waals surface area contributed by atoms with E-state index in [2.05, 4.69) is 10.3 Å². The van der Waals surface area contributed by atoms with Crippen LogP contribution in [0.2, 0.25) is 0 Å². The van der Waals surface area contributed by atoms with Crippen molar-refractivity contribution in [3.05, 3.63) is 65.4 Å². The van der Waals surface area contributed by atoms with Crippen molar-refractivity contribution in [2.24, 2.45) is 0 Å². The van der Waals surface area contributed by atoms with E-state index in [0.717, 1.165) is 27.8 Å². The molecule has 1 aromatic heterocycles. The first-order valence-corrected chi connectivity index (χ1v) is 8.81. The summed E-state index contributed by atoms with van der Waals surface area (Å²) in [5.74, 6) is 0.534. The summed E-state index contributed by atoms with van der Waals surface area (Å²) < 4.78 is 10.6. The molecule has 3 rings (SSSR count). The normalized spacial score (nSPS) is 12.1. The predicted octanol–water partition coefficient (Wildman–Crippen LogP) is 2.79. The molecule has 0 aliphatic heterocycles. The molecule has 142 valence electrons. The van der Waals surface area contributed by atoms with Gasteiger partial charge in [0.05, 0.1) is 26.4 Å². The molecule has 3 aromatic rings. The van der Waals surface area contributed by atoms with Gasteiger partial charge in [-0.3, -0.25) is 4.79 Å². The molecule has 0 saturated carbocycles. The Hall–Kier alpha value is -2.83. The van der Waals surface area contributed by atoms with E-state index in [1.807, 2.05) is 49.4 Å². The molecule has 3 N–H and O–H groups in total. The van der Waals surface area contributed by atoms with Crippen molar-refractivity contribution in [2.75, 3.05) is 20.3 Å². The average Bonchev–Trinajstić information content (AvgIpc) is 3.10. The second-order valence-corrected chi connectivity index (χ2v) is 6.50. The van der Waals surface area contributed by atoms with Gasteiger partial charge in [-0.05, 0) is 42.3 Å². The van der Waals surface area contributed by atoms with Crippen LogP contribution in [-0.2, 0) is 11.3 Å². The zero-order valence-electron chi connectivity index (χ0n) is 15.5. The number of fused-ring (bicyclic) bond motifs is 1. The van der Waals surface area contributed by atoms with E-state index in [1.165, 1.54) is 0 Å². The molecule has 1 amide bonds. The van der Waals surface area contributed by atoms with E-state index in [1.54, 1.807) is 13.2 Å². The largest absolute Gasteiger partial charge is 0.497 e. The smallest absolute Gasteiger partial charge is 0.267 e. The van der Waals surface area contributed by atoms with E-state index >= 15 is 0 Å². The number of H-pyrrole nitrogens is 1. The summed E-state index contributed by atoms with van der Waals surface area (Å²) in [4.78, 5) is 15.4. The van der Waals surface area contributed by atoms with Gasteiger partial charge in [-0.1, -0.05) is 24.3 Å². The van der Waals surface area contributed by atoms with E-state index in [9.17, 15) is 9.90 Å². The SMILES string of the molecule is COc1ccc(COCC(O)CNC(=O)c2cc3ccc(C)cc3[nH]2)cc1. The van der Waals surface area contributed by atoms with Gasteiger partial charge in [-0.25, -0.2) is 0 Å². The zero-order chi connectivity index (χ0) is 19.2. The van der Waals surface area contributed by atoms with Crippen molar-refractivity contribution in [1.29, 1.82) is 0 Å². The fourth-order valence-corrected chi connectivity index (χ4v) is 2.76. The Kier molecular flexibility index (Phi) is 6.11. The van der Waals surface area contributed by atoms with E-state index in [4.69, 9.17) is 9.47 Å². The predicted molar refractivity (Wildman–Crippen MR) is 104 cm³/mol. The van der Waals surface area contributed by atoms with Crippen LogP contribution in [0.25, 0.3) is 10.9 Å². The minimum Gasteiger partial charge on any atom is -0.497 e. The van der Waals surface area contributed by atoms with Gasteiger partial charge < -0.3 is 24.9 Å². The monoisotopic (exact) mass is 368 g/mol. The molecule has 6 nitrogen and oxygen atoms in total. The molecule has 0 aliphatic rings. The molecule has 2 aromatic carbocycles. The third kappa shape index (κ3) is 5.09. The topological polar surface area (TPSA) is 83.6 Å². The third-order valence-electron chi connectivity index (χ3n) is 4.26. The Balaban J connectivity index is 1.43. The minimum absolute atomic E-state index is 0.121. The zero-order valence-corrected chi connectivity index (χ0v) is 15.5. The number of aliphatic hydroxyl groups is 1. The highest BCUT2D eigenvalue weighted by atomic mass is 16.5. The molecular weight excluding hydrogens is 344 g/mol. The van der Waals surface area contributed by atoms with Gasteiger partial charge in [0.1, 0.15) is 11.4 Å². The van der Waals surface area contributed by atoms with Crippen molar-refractivity contribution < 1.29 is 19.4 Å². The molecule has 1 unspecified atom stereocenters. The molecule has 1 atom stereocenters. The second kappa shape index (κ2) is 8.70. The van der Waals surface area contributed by atoms with Gasteiger partial charge in [0.2, 0.25) is 0 Å². The molecule has 27 heavy (non-hydrogen) atoms. The first-order chi connectivity index (χ1) is 13.0. The summed E-state index contributed by atoms with van der Waals surface area (Å²) in [6, 6.07) is 15.3. The fourth-order valence-electron chi connectivity index (χ4n) is 2.76. The van der Waals surface area contributed by atoms with Crippen LogP contribution in [-0.4, -0.2) is 42.4 Å². The summed E-state index contributed by atoms with van der Waals surface area (Å²) in [6.07, 6.45) is -0.779. The van der Waals surface area contributed by atoms with Crippen molar-refractivity contribution >= 4 is 16.8 Å². The standard InChI is InChI=1S/C21H24N2O4/c1-14-3-6-16-10-20(23-19(16)9-14)21(25)22-11-17(24)13-27-12-15-4-7-18(26-2)8-5-15/h3-10,17,23-24H,11-13H2,1-2H3,(H,22,25). The van der Waals surface area contributed by atoms with Crippen LogP contribution < -0.4 is 10.1 Å². The molecular formula is C21H24N2O4. The quantitative estimate of drug-likeness (QED) is 0.571. The van der Waals surface area contributed by atoms with Gasteiger partial charge in [0.25, 0.3) is 5.91 Å². The van der Waals surface area contributed by atoms with Crippen LogP contribution in [0.1, 0.15) is 21.6 Å². The summed E-state index contributed by atoms with van der Waals surface area (Å²) >= 11 is 0. The van der Waals surface area contributed by atoms with E-state index < -0.39 is 6.10 Å². The molecule has 0 aliphatic carbocycles. The number of ether oxygens (including phenoxy) is 2. The van der Waals surface area contributed by atoms with Crippen molar-refractivity contribution in [1.82, 2.24) is 10.3 Å². The van der Waals surface area contributed by atoms with E-state index in [-0.39, 0.29) is 19.1 Å². The number of aromatic nitrogens is 1. The third-order valence-corrected chi connectivity index (χ3v) is 4.26. The van der Waals surface area contributed by atoms with Gasteiger partial charge in [-0.15, -0.1) is 0 Å². The van der Waals surface area contributed by atoms with Crippen molar-refractivity contribution in [3.8, 4) is 5.75 Å². The summed E-state index contributed by atoms with van der Waals surface area (Å²) in [7, 11) is 1.62. The highest BCUT2D eigenvalue weighted by Crippen LogP contribution is 2.17. The van der Waals surface area contributed by atoms with Gasteiger partial charge in [0.15, 0.2) is 0 Å². The molecule has 0 spiro atoms. The number of carbonyl (C=O) groups excluding carboxylic acids is 1. The summed E-state index contributed by atoms with van der Waals surface area (Å²) in [5, 5.41) is 13.7. The van der Waals surface area contributed by atoms with Crippen LogP contribution >= 0.6 is 0 Å². The van der Waals surface area contributed by atoms with Gasteiger partial charge >= 0.3 is 0 Å². The maximum Gasteiger partial charge on any atom is 0.267 e. The first-order valence-electron chi connectivity index (χ1n) is 8.81. The van der Waals surface area contributed by atoms with Crippen LogP contribution in [0.4, 0.5) is 0 Å². The Morgan fingerprint density at radius 1 is 1.19 bits per heavy atom. The van der Waals surface area contributed by atoms with Crippen LogP contribution in [0.3, 0.4) is 0 Å². The number of methoxy groups -OCH3 is 1. The summed E-state index contributed by atoms with van der Waals surface area (Å²) in [5.41, 5.74) is 3.51. The number of aryl methyl sites for hydroxylation is 1. The molecule has 0 fully saturated rings. The highest BCUT2D eigenvalue weighted by molar-refractivity contribution is 5.98. The number of nitrogens with one attached hydrogen (secondary N) is 2. The highest BCUT2D eigenvalue weighted by Gasteiger charge is 2.12. The number of hydrogen-bond acceptors (Lipinski definition) is 4. The van der Waals surface area contributed by atoms with Crippen LogP contribution in [0.15, 0.2) is 48.5 Å². The molecule has 0 bridgehead atoms. The average molecular weight is 368 g/mol. The lowest BCUT2D eigenvalue weighted by Gasteiger charge is -2.12. The van der Waals surface area contributed by atoms with Crippen LogP contribution in [0, 0.1) is 6.92 Å². The maximum absolute atomic E-state index is 12.3. The van der Waals surface area contributed by atoms with Crippen molar-refractivity contribution in [3.63, 3.8) is 0 Å². The number of amides is 1. The number of benzene rings is 2. The Bertz CT molecular complexity index is 902. The molecule has 0 radical (unpaired) electrons. The molecule has 6 heteroatoms. The summed E-state index contributed by atoms with van der Waals surface area (Å²) in [6.45, 7) is 2.65. The lowest BCUT2D eigenvalue weighted by atomic mass is 10.2. The Morgan fingerprint density at radius 3 is 2.70 bits per heavy atom. The number of rotatable bonds is 8. The first kappa shape index (κ1) is 18.9. The van der Waals surface area contributed by atoms with Crippen LogP contribution in [0.5, 0.6) is 5.75 Å². The Labute approximate surface area is 158 Å². The molecule has 1 heterocycles. The van der Waals surface area contributed by atoms with Crippen molar-refractivity contribution in [2.45, 2.75) is 19.6 Å². The lowest BCUT2D eigenvalue weighted by Crippen LogP contribution is -2.34. The van der Waals surface area contributed by atoms with Gasteiger partial charge in [-0.2, -0.15) is 0 Å². The number of aromatic amines is 1. The Morgan fingerprint density at radius 2 is 1.96 bits per heavy atom. The maximum atomic E-state index is 12.3. The fraction of sp³-hybridized carbons (Fsp3) is 0.286. The number of carbonyl (C=O) groups is 1. The number of hydrogen-bond donors (Lipinski definition) is 3. The van der Waals surface area contributed by atoms with E-state index in [0.29, 0.717) is 12.3 Å². The minimum atomic E-state index is -0.779. The number of aliphatic hydroxyl groups excluding tert-OH is 1. The lowest BCUT2D eigenvalue weighted by molar-refractivity contribution is 0.0285.